The Morgan fingerprint density at radius 2 is 1.87 bits per heavy atom. The van der Waals surface area contributed by atoms with Gasteiger partial charge in [-0.1, -0.05) is 18.2 Å². The van der Waals surface area contributed by atoms with Gasteiger partial charge in [-0.05, 0) is 30.3 Å². The number of hydrogen-bond donors (Lipinski definition) is 5. The molecule has 6 N–H and O–H groups in total. The first-order chi connectivity index (χ1) is 15.1. The van der Waals surface area contributed by atoms with E-state index in [0.29, 0.717) is 28.4 Å². The van der Waals surface area contributed by atoms with E-state index in [-0.39, 0.29) is 29.5 Å². The zero-order valence-electron chi connectivity index (χ0n) is 16.4. The molecule has 2 aromatic carbocycles. The monoisotopic (exact) mass is 413 g/mol. The molecule has 0 unspecified atom stereocenters. The van der Waals surface area contributed by atoms with Crippen LogP contribution in [0.15, 0.2) is 54.7 Å². The lowest BCUT2D eigenvalue weighted by Crippen LogP contribution is -2.30. The maximum atomic E-state index is 13.6. The summed E-state index contributed by atoms with van der Waals surface area (Å²) in [5, 5.41) is 14.7. The fourth-order valence-electron chi connectivity index (χ4n) is 3.83. The number of rotatable bonds is 5. The van der Waals surface area contributed by atoms with Crippen LogP contribution in [-0.4, -0.2) is 44.8 Å². The van der Waals surface area contributed by atoms with Crippen molar-refractivity contribution in [1.82, 2.24) is 20.3 Å². The number of hydrogen-bond acceptors (Lipinski definition) is 5. The Bertz CT molecular complexity index is 1480. The first kappa shape index (κ1) is 18.8. The standard InChI is InChI=1S/C23H19N5O3/c24-7-8-25-23(31)19-10-15-14-9-12(29)5-6-18(14)27-20(15)21(28-19)22(30)16-11-26-17-4-2-1-3-13(16)17/h1-6,9-11,26-27,29H,7-8,24H2,(H,25,31). The molecule has 154 valence electrons. The van der Waals surface area contributed by atoms with E-state index in [1.54, 1.807) is 30.5 Å². The topological polar surface area (TPSA) is 137 Å². The predicted molar refractivity (Wildman–Crippen MR) is 118 cm³/mol. The molecule has 0 radical (unpaired) electrons. The van der Waals surface area contributed by atoms with E-state index in [1.165, 1.54) is 0 Å². The minimum Gasteiger partial charge on any atom is -0.508 e. The highest BCUT2D eigenvalue weighted by atomic mass is 16.3. The number of aromatic nitrogens is 3. The van der Waals surface area contributed by atoms with E-state index in [1.807, 2.05) is 24.3 Å². The van der Waals surface area contributed by atoms with E-state index >= 15 is 0 Å². The van der Waals surface area contributed by atoms with Crippen molar-refractivity contribution in [1.29, 1.82) is 0 Å². The van der Waals surface area contributed by atoms with Crippen LogP contribution in [0.5, 0.6) is 5.75 Å². The largest absolute Gasteiger partial charge is 0.508 e. The molecule has 0 fully saturated rings. The molecule has 3 heterocycles. The van der Waals surface area contributed by atoms with Gasteiger partial charge in [0, 0.05) is 52.0 Å². The summed E-state index contributed by atoms with van der Waals surface area (Å²) in [6, 6.07) is 14.0. The fraction of sp³-hybridized carbons (Fsp3) is 0.0870. The molecule has 0 atom stereocenters. The quantitative estimate of drug-likeness (QED) is 0.282. The molecular formula is C23H19N5O3. The molecule has 5 rings (SSSR count). The Labute approximate surface area is 176 Å². The molecule has 0 aliphatic carbocycles. The van der Waals surface area contributed by atoms with Gasteiger partial charge in [0.25, 0.3) is 5.91 Å². The van der Waals surface area contributed by atoms with Crippen LogP contribution in [-0.2, 0) is 0 Å². The number of nitrogens with zero attached hydrogens (tertiary/aromatic N) is 1. The van der Waals surface area contributed by atoms with Crippen molar-refractivity contribution >= 4 is 44.4 Å². The lowest BCUT2D eigenvalue weighted by molar-refractivity contribution is 0.0950. The van der Waals surface area contributed by atoms with Gasteiger partial charge in [-0.25, -0.2) is 4.98 Å². The summed E-state index contributed by atoms with van der Waals surface area (Å²) in [5.74, 6) is -0.648. The summed E-state index contributed by atoms with van der Waals surface area (Å²) in [6.45, 7) is 0.578. The average Bonchev–Trinajstić information content (AvgIpc) is 3.37. The Balaban J connectivity index is 1.76. The molecule has 0 aliphatic heterocycles. The van der Waals surface area contributed by atoms with E-state index in [4.69, 9.17) is 5.73 Å². The lowest BCUT2D eigenvalue weighted by Gasteiger charge is -2.07. The lowest BCUT2D eigenvalue weighted by atomic mass is 10.0. The third kappa shape index (κ3) is 3.10. The van der Waals surface area contributed by atoms with Gasteiger partial charge >= 0.3 is 0 Å². The number of nitrogens with one attached hydrogen (secondary N) is 3. The van der Waals surface area contributed by atoms with Gasteiger partial charge < -0.3 is 26.1 Å². The number of para-hydroxylation sites is 1. The van der Waals surface area contributed by atoms with E-state index in [0.717, 1.165) is 16.4 Å². The van der Waals surface area contributed by atoms with Crippen molar-refractivity contribution in [2.75, 3.05) is 13.1 Å². The zero-order valence-corrected chi connectivity index (χ0v) is 16.4. The van der Waals surface area contributed by atoms with Crippen LogP contribution in [0.3, 0.4) is 0 Å². The number of carbonyl (C=O) groups excluding carboxylic acids is 2. The number of nitrogens with two attached hydrogens (primary N) is 1. The molecule has 1 amide bonds. The van der Waals surface area contributed by atoms with Crippen molar-refractivity contribution in [3.05, 3.63) is 71.7 Å². The summed E-state index contributed by atoms with van der Waals surface area (Å²) >= 11 is 0. The number of fused-ring (bicyclic) bond motifs is 4. The smallest absolute Gasteiger partial charge is 0.269 e. The molecule has 5 aromatic rings. The highest BCUT2D eigenvalue weighted by Gasteiger charge is 2.23. The molecule has 0 saturated heterocycles. The number of pyridine rings is 1. The van der Waals surface area contributed by atoms with Gasteiger partial charge in [-0.3, -0.25) is 9.59 Å². The van der Waals surface area contributed by atoms with Crippen molar-refractivity contribution in [3.63, 3.8) is 0 Å². The molecular weight excluding hydrogens is 394 g/mol. The van der Waals surface area contributed by atoms with Crippen molar-refractivity contribution in [2.24, 2.45) is 5.73 Å². The van der Waals surface area contributed by atoms with E-state index in [2.05, 4.69) is 20.3 Å². The van der Waals surface area contributed by atoms with Gasteiger partial charge in [-0.15, -0.1) is 0 Å². The minimum atomic E-state index is -0.421. The molecule has 8 heteroatoms. The molecule has 0 aliphatic rings. The fourth-order valence-corrected chi connectivity index (χ4v) is 3.83. The molecule has 3 aromatic heterocycles. The van der Waals surface area contributed by atoms with Crippen molar-refractivity contribution in [3.8, 4) is 5.75 Å². The molecule has 0 bridgehead atoms. The Hall–Kier alpha value is -4.17. The number of benzene rings is 2. The zero-order chi connectivity index (χ0) is 21.5. The van der Waals surface area contributed by atoms with Gasteiger partial charge in [0.05, 0.1) is 5.52 Å². The van der Waals surface area contributed by atoms with Crippen LogP contribution in [0.1, 0.15) is 26.5 Å². The molecule has 31 heavy (non-hydrogen) atoms. The predicted octanol–water partition coefficient (Wildman–Crippen LogP) is 2.82. The highest BCUT2D eigenvalue weighted by molar-refractivity contribution is 6.23. The van der Waals surface area contributed by atoms with Crippen LogP contribution >= 0.6 is 0 Å². The number of phenols is 1. The average molecular weight is 413 g/mol. The maximum Gasteiger partial charge on any atom is 0.269 e. The normalized spacial score (nSPS) is 11.4. The first-order valence-electron chi connectivity index (χ1n) is 9.81. The van der Waals surface area contributed by atoms with Crippen LogP contribution in [0.4, 0.5) is 0 Å². The summed E-state index contributed by atoms with van der Waals surface area (Å²) in [4.78, 5) is 36.9. The summed E-state index contributed by atoms with van der Waals surface area (Å²) < 4.78 is 0. The number of phenolic OH excluding ortho intramolecular Hbond substituents is 1. The maximum absolute atomic E-state index is 13.6. The van der Waals surface area contributed by atoms with E-state index in [9.17, 15) is 14.7 Å². The van der Waals surface area contributed by atoms with Crippen LogP contribution in [0, 0.1) is 0 Å². The number of carbonyl (C=O) groups is 2. The summed E-state index contributed by atoms with van der Waals surface area (Å²) in [5.41, 5.74) is 8.26. The Morgan fingerprint density at radius 3 is 2.71 bits per heavy atom. The second kappa shape index (κ2) is 7.26. The number of ketones is 1. The highest BCUT2D eigenvalue weighted by Crippen LogP contribution is 2.32. The second-order valence-electron chi connectivity index (χ2n) is 7.26. The molecule has 0 spiro atoms. The summed E-state index contributed by atoms with van der Waals surface area (Å²) in [6.07, 6.45) is 1.65. The van der Waals surface area contributed by atoms with Gasteiger partial charge in [0.1, 0.15) is 17.1 Å². The summed E-state index contributed by atoms with van der Waals surface area (Å²) in [7, 11) is 0. The molecule has 0 saturated carbocycles. The minimum absolute atomic E-state index is 0.0869. The third-order valence-electron chi connectivity index (χ3n) is 5.28. The number of aromatic hydroxyl groups is 1. The van der Waals surface area contributed by atoms with Crippen molar-refractivity contribution < 1.29 is 14.7 Å². The van der Waals surface area contributed by atoms with Gasteiger partial charge in [0.2, 0.25) is 5.78 Å². The second-order valence-corrected chi connectivity index (χ2v) is 7.26. The first-order valence-corrected chi connectivity index (χ1v) is 9.81. The third-order valence-corrected chi connectivity index (χ3v) is 5.28. The number of H-pyrrole nitrogens is 2. The van der Waals surface area contributed by atoms with Gasteiger partial charge in [-0.2, -0.15) is 0 Å². The number of aromatic amines is 2. The van der Waals surface area contributed by atoms with Crippen LogP contribution in [0.25, 0.3) is 32.7 Å². The van der Waals surface area contributed by atoms with Crippen LogP contribution < -0.4 is 11.1 Å². The SMILES string of the molecule is NCCNC(=O)c1cc2c([nH]c3ccc(O)cc32)c(C(=O)c2c[nH]c3ccccc23)n1. The van der Waals surface area contributed by atoms with Crippen molar-refractivity contribution in [2.45, 2.75) is 0 Å². The molecule has 8 nitrogen and oxygen atoms in total. The van der Waals surface area contributed by atoms with E-state index < -0.39 is 5.91 Å². The van der Waals surface area contributed by atoms with Gasteiger partial charge in [0.15, 0.2) is 0 Å². The Kier molecular flexibility index (Phi) is 4.41. The number of amides is 1. The van der Waals surface area contributed by atoms with Crippen LogP contribution in [0.2, 0.25) is 0 Å². The Morgan fingerprint density at radius 1 is 1.03 bits per heavy atom.